The minimum Gasteiger partial charge on any atom is -0.497 e. The van der Waals surface area contributed by atoms with Crippen molar-refractivity contribution in [1.82, 2.24) is 0 Å². The van der Waals surface area contributed by atoms with Gasteiger partial charge >= 0.3 is 5.97 Å². The highest BCUT2D eigenvalue weighted by Gasteiger charge is 2.33. The van der Waals surface area contributed by atoms with Crippen molar-refractivity contribution in [3.05, 3.63) is 34.9 Å². The molecule has 20 heavy (non-hydrogen) atoms. The Hall–Kier alpha value is -2.46. The van der Waals surface area contributed by atoms with E-state index in [9.17, 15) is 9.59 Å². The average Bonchev–Trinajstić information content (AvgIpc) is 2.81. The first kappa shape index (κ1) is 14.0. The largest absolute Gasteiger partial charge is 0.497 e. The van der Waals surface area contributed by atoms with E-state index < -0.39 is 11.5 Å². The highest BCUT2D eigenvalue weighted by atomic mass is 32.2. The molecular weight excluding hydrogens is 280 g/mol. The fraction of sp³-hybridized carbons (Fsp3) is 0.154. The third-order valence-corrected chi connectivity index (χ3v) is 3.71. The number of carbonyl (C=O) groups is 2. The number of carboxylic acids is 1. The maximum atomic E-state index is 11.9. The quantitative estimate of drug-likeness (QED) is 0.671. The summed E-state index contributed by atoms with van der Waals surface area (Å²) in [4.78, 5) is 24.2. The molecule has 1 aromatic rings. The molecule has 0 radical (unpaired) electrons. The van der Waals surface area contributed by atoms with Gasteiger partial charge in [0.05, 0.1) is 12.9 Å². The van der Waals surface area contributed by atoms with Crippen LogP contribution in [0.1, 0.15) is 0 Å². The van der Waals surface area contributed by atoms with Crippen molar-refractivity contribution in [2.24, 2.45) is 0 Å². The third-order valence-electron chi connectivity index (χ3n) is 2.66. The zero-order valence-electron chi connectivity index (χ0n) is 10.5. The van der Waals surface area contributed by atoms with Crippen LogP contribution in [0.3, 0.4) is 0 Å². The highest BCUT2D eigenvalue weighted by Crippen LogP contribution is 2.36. The van der Waals surface area contributed by atoms with Crippen molar-refractivity contribution >= 4 is 29.3 Å². The van der Waals surface area contributed by atoms with Crippen LogP contribution in [0.4, 0.5) is 5.69 Å². The number of thioether (sulfide) groups is 1. The smallest absolute Gasteiger partial charge is 0.349 e. The molecule has 6 nitrogen and oxygen atoms in total. The van der Waals surface area contributed by atoms with Crippen LogP contribution >= 0.6 is 11.8 Å². The van der Waals surface area contributed by atoms with Gasteiger partial charge in [0.2, 0.25) is 5.91 Å². The number of hydrogen-bond donors (Lipinski definition) is 1. The van der Waals surface area contributed by atoms with E-state index in [1.807, 2.05) is 0 Å². The Morgan fingerprint density at radius 3 is 2.60 bits per heavy atom. The highest BCUT2D eigenvalue weighted by molar-refractivity contribution is 8.04. The number of aliphatic carboxylic acids is 1. The summed E-state index contributed by atoms with van der Waals surface area (Å²) in [5, 5.41) is 18.1. The molecule has 1 saturated heterocycles. The molecule has 7 heteroatoms. The minimum atomic E-state index is -1.34. The molecule has 1 N–H and O–H groups in total. The van der Waals surface area contributed by atoms with Gasteiger partial charge < -0.3 is 9.84 Å². The van der Waals surface area contributed by atoms with Crippen LogP contribution in [-0.4, -0.2) is 29.8 Å². The van der Waals surface area contributed by atoms with Gasteiger partial charge in [0.15, 0.2) is 5.57 Å². The van der Waals surface area contributed by atoms with E-state index in [-0.39, 0.29) is 16.7 Å². The molecule has 0 spiro atoms. The van der Waals surface area contributed by atoms with Crippen LogP contribution in [0.5, 0.6) is 5.75 Å². The van der Waals surface area contributed by atoms with E-state index in [1.165, 1.54) is 12.0 Å². The minimum absolute atomic E-state index is 0.111. The topological polar surface area (TPSA) is 90.6 Å². The summed E-state index contributed by atoms with van der Waals surface area (Å²) < 4.78 is 5.03. The van der Waals surface area contributed by atoms with Crippen LogP contribution in [0, 0.1) is 11.3 Å². The lowest BCUT2D eigenvalue weighted by Crippen LogP contribution is -2.25. The van der Waals surface area contributed by atoms with Gasteiger partial charge in [-0.3, -0.25) is 9.69 Å². The SMILES string of the molecule is COc1ccc(N2C(=O)CS/C2=C(/C#N)C(=O)O)cc1. The third kappa shape index (κ3) is 2.46. The van der Waals surface area contributed by atoms with Crippen LogP contribution in [0.15, 0.2) is 34.9 Å². The molecular formula is C13H10N2O4S. The molecule has 102 valence electrons. The maximum Gasteiger partial charge on any atom is 0.349 e. The lowest BCUT2D eigenvalue weighted by Gasteiger charge is -2.17. The Morgan fingerprint density at radius 1 is 1.45 bits per heavy atom. The van der Waals surface area contributed by atoms with Crippen molar-refractivity contribution in [2.45, 2.75) is 0 Å². The van der Waals surface area contributed by atoms with Gasteiger partial charge in [0.25, 0.3) is 0 Å². The van der Waals surface area contributed by atoms with Crippen molar-refractivity contribution in [1.29, 1.82) is 5.26 Å². The first-order valence-electron chi connectivity index (χ1n) is 5.56. The van der Waals surface area contributed by atoms with E-state index in [0.717, 1.165) is 11.8 Å². The number of anilines is 1. The van der Waals surface area contributed by atoms with E-state index in [4.69, 9.17) is 15.1 Å². The lowest BCUT2D eigenvalue weighted by atomic mass is 10.2. The first-order valence-corrected chi connectivity index (χ1v) is 6.54. The molecule has 1 aromatic carbocycles. The second kappa shape index (κ2) is 5.67. The lowest BCUT2D eigenvalue weighted by molar-refractivity contribution is -0.132. The summed E-state index contributed by atoms with van der Waals surface area (Å²) in [5.74, 6) is -0.871. The average molecular weight is 290 g/mol. The molecule has 2 rings (SSSR count). The molecule has 1 amide bonds. The summed E-state index contributed by atoms with van der Waals surface area (Å²) in [7, 11) is 1.52. The number of nitrogens with zero attached hydrogens (tertiary/aromatic N) is 2. The van der Waals surface area contributed by atoms with Crippen molar-refractivity contribution < 1.29 is 19.4 Å². The molecule has 0 aromatic heterocycles. The summed E-state index contributed by atoms with van der Waals surface area (Å²) in [6.07, 6.45) is 0. The van der Waals surface area contributed by atoms with Gasteiger partial charge in [0.1, 0.15) is 16.8 Å². The summed E-state index contributed by atoms with van der Waals surface area (Å²) in [6.45, 7) is 0. The molecule has 0 unspecified atom stereocenters. The molecule has 1 aliphatic heterocycles. The molecule has 0 atom stereocenters. The second-order valence-electron chi connectivity index (χ2n) is 3.81. The monoisotopic (exact) mass is 290 g/mol. The standard InChI is InChI=1S/C13H10N2O4S/c1-19-9-4-2-8(3-5-9)15-11(16)7-20-12(15)10(6-14)13(17)18/h2-5H,7H2,1H3,(H,17,18)/b12-10-. The summed E-state index contributed by atoms with van der Waals surface area (Å²) in [6, 6.07) is 8.23. The van der Waals surface area contributed by atoms with Crippen molar-refractivity contribution in [3.63, 3.8) is 0 Å². The molecule has 0 bridgehead atoms. The number of benzene rings is 1. The zero-order chi connectivity index (χ0) is 14.7. The Morgan fingerprint density at radius 2 is 2.10 bits per heavy atom. The van der Waals surface area contributed by atoms with Gasteiger partial charge in [-0.2, -0.15) is 5.26 Å². The Labute approximate surface area is 119 Å². The summed E-state index contributed by atoms with van der Waals surface area (Å²) in [5.41, 5.74) is 0.0708. The maximum absolute atomic E-state index is 11.9. The number of carbonyl (C=O) groups excluding carboxylic acids is 1. The van der Waals surface area contributed by atoms with E-state index >= 15 is 0 Å². The van der Waals surface area contributed by atoms with E-state index in [1.54, 1.807) is 30.3 Å². The zero-order valence-corrected chi connectivity index (χ0v) is 11.3. The van der Waals surface area contributed by atoms with Gasteiger partial charge in [-0.1, -0.05) is 11.8 Å². The van der Waals surface area contributed by atoms with Gasteiger partial charge in [-0.05, 0) is 24.3 Å². The molecule has 1 heterocycles. The molecule has 1 fully saturated rings. The molecule has 0 aliphatic carbocycles. The fourth-order valence-corrected chi connectivity index (χ4v) is 2.74. The van der Waals surface area contributed by atoms with Crippen LogP contribution in [0.25, 0.3) is 0 Å². The number of rotatable bonds is 3. The van der Waals surface area contributed by atoms with Crippen molar-refractivity contribution in [3.8, 4) is 11.8 Å². The Bertz CT molecular complexity index is 631. The Balaban J connectivity index is 2.48. The fourth-order valence-electron chi connectivity index (χ4n) is 1.74. The number of hydrogen-bond acceptors (Lipinski definition) is 5. The number of carboxylic acid groups (broad SMARTS) is 1. The van der Waals surface area contributed by atoms with E-state index in [2.05, 4.69) is 0 Å². The van der Waals surface area contributed by atoms with Crippen LogP contribution in [-0.2, 0) is 9.59 Å². The number of nitriles is 1. The van der Waals surface area contributed by atoms with Crippen molar-refractivity contribution in [2.75, 3.05) is 17.8 Å². The normalized spacial score (nSPS) is 16.8. The van der Waals surface area contributed by atoms with Crippen LogP contribution < -0.4 is 9.64 Å². The number of amides is 1. The van der Waals surface area contributed by atoms with E-state index in [0.29, 0.717) is 11.4 Å². The first-order chi connectivity index (χ1) is 9.58. The number of ether oxygens (including phenoxy) is 1. The van der Waals surface area contributed by atoms with Gasteiger partial charge in [0, 0.05) is 5.69 Å². The molecule has 0 saturated carbocycles. The van der Waals surface area contributed by atoms with Gasteiger partial charge in [-0.25, -0.2) is 4.79 Å². The Kier molecular flexibility index (Phi) is 3.96. The second-order valence-corrected chi connectivity index (χ2v) is 4.78. The predicted octanol–water partition coefficient (Wildman–Crippen LogP) is 1.59. The molecule has 1 aliphatic rings. The van der Waals surface area contributed by atoms with Crippen LogP contribution in [0.2, 0.25) is 0 Å². The summed E-state index contributed by atoms with van der Waals surface area (Å²) >= 11 is 1.05. The predicted molar refractivity (Wildman–Crippen MR) is 73.2 cm³/mol. The van der Waals surface area contributed by atoms with Gasteiger partial charge in [-0.15, -0.1) is 0 Å². The number of methoxy groups -OCH3 is 1.